The summed E-state index contributed by atoms with van der Waals surface area (Å²) >= 11 is 1.46. The highest BCUT2D eigenvalue weighted by Gasteiger charge is 2.11. The van der Waals surface area contributed by atoms with Gasteiger partial charge in [0.1, 0.15) is 4.88 Å². The van der Waals surface area contributed by atoms with Gasteiger partial charge in [0.05, 0.1) is 6.61 Å². The van der Waals surface area contributed by atoms with Crippen molar-refractivity contribution in [1.29, 1.82) is 0 Å². The van der Waals surface area contributed by atoms with Crippen molar-refractivity contribution in [3.63, 3.8) is 0 Å². The number of rotatable bonds is 7. The molecule has 0 aliphatic carbocycles. The Balaban J connectivity index is 2.12. The maximum atomic E-state index is 11.7. The summed E-state index contributed by atoms with van der Waals surface area (Å²) in [4.78, 5) is 13.4. The summed E-state index contributed by atoms with van der Waals surface area (Å²) in [6, 6.07) is 12.1. The number of thiophene rings is 1. The van der Waals surface area contributed by atoms with Gasteiger partial charge in [-0.2, -0.15) is 0 Å². The normalized spacial score (nSPS) is 10.3. The molecule has 0 aliphatic rings. The molecule has 2 rings (SSSR count). The minimum atomic E-state index is -0.252. The van der Waals surface area contributed by atoms with Gasteiger partial charge < -0.3 is 10.1 Å². The van der Waals surface area contributed by atoms with E-state index in [1.54, 1.807) is 0 Å². The van der Waals surface area contributed by atoms with Crippen LogP contribution < -0.4 is 5.32 Å². The molecule has 0 amide bonds. The molecule has 0 saturated heterocycles. The molecule has 0 bridgehead atoms. The lowest BCUT2D eigenvalue weighted by Gasteiger charge is -2.04. The second-order valence-electron chi connectivity index (χ2n) is 4.50. The Labute approximate surface area is 129 Å². The first-order chi connectivity index (χ1) is 10.2. The molecule has 0 saturated carbocycles. The number of carbonyl (C=O) groups excluding carboxylic acids is 1. The van der Waals surface area contributed by atoms with E-state index in [2.05, 4.69) is 30.1 Å². The Morgan fingerprint density at radius 1 is 1.38 bits per heavy atom. The molecule has 0 spiro atoms. The fourth-order valence-electron chi connectivity index (χ4n) is 1.96. The van der Waals surface area contributed by atoms with E-state index in [1.807, 2.05) is 31.2 Å². The van der Waals surface area contributed by atoms with Crippen molar-refractivity contribution < 1.29 is 9.53 Å². The lowest BCUT2D eigenvalue weighted by Crippen LogP contribution is -2.12. The molecule has 0 atom stereocenters. The molecule has 1 N–H and O–H groups in total. The molecule has 1 heterocycles. The molecule has 0 radical (unpaired) electrons. The van der Waals surface area contributed by atoms with E-state index in [-0.39, 0.29) is 5.97 Å². The summed E-state index contributed by atoms with van der Waals surface area (Å²) in [5.74, 6) is -0.252. The van der Waals surface area contributed by atoms with Gasteiger partial charge in [0.15, 0.2) is 0 Å². The Kier molecular flexibility index (Phi) is 5.72. The topological polar surface area (TPSA) is 38.3 Å². The first-order valence-electron chi connectivity index (χ1n) is 6.92. The van der Waals surface area contributed by atoms with Crippen molar-refractivity contribution in [1.82, 2.24) is 5.32 Å². The molecule has 3 nitrogen and oxygen atoms in total. The molecule has 0 fully saturated rings. The summed E-state index contributed by atoms with van der Waals surface area (Å²) in [7, 11) is 0. The van der Waals surface area contributed by atoms with Gasteiger partial charge in [-0.3, -0.25) is 0 Å². The lowest BCUT2D eigenvalue weighted by molar-refractivity contribution is 0.0532. The maximum absolute atomic E-state index is 11.7. The molecule has 21 heavy (non-hydrogen) atoms. The number of ether oxygens (including phenoxy) is 1. The summed E-state index contributed by atoms with van der Waals surface area (Å²) < 4.78 is 5.02. The molecule has 110 valence electrons. The van der Waals surface area contributed by atoms with E-state index in [0.717, 1.165) is 23.5 Å². The Morgan fingerprint density at radius 2 is 2.24 bits per heavy atom. The van der Waals surface area contributed by atoms with Crippen LogP contribution in [0.1, 0.15) is 22.2 Å². The van der Waals surface area contributed by atoms with E-state index in [1.165, 1.54) is 16.9 Å². The highest BCUT2D eigenvalue weighted by molar-refractivity contribution is 7.17. The number of hydrogen-bond acceptors (Lipinski definition) is 4. The zero-order chi connectivity index (χ0) is 15.1. The molecule has 1 aromatic carbocycles. The molecule has 0 unspecified atom stereocenters. The zero-order valence-corrected chi connectivity index (χ0v) is 12.9. The number of hydrogen-bond donors (Lipinski definition) is 1. The molecule has 0 aliphatic heterocycles. The van der Waals surface area contributed by atoms with Crippen molar-refractivity contribution in [2.24, 2.45) is 0 Å². The minimum absolute atomic E-state index is 0.252. The van der Waals surface area contributed by atoms with E-state index in [9.17, 15) is 4.79 Å². The van der Waals surface area contributed by atoms with E-state index in [0.29, 0.717) is 11.5 Å². The Hall–Kier alpha value is -1.91. The highest BCUT2D eigenvalue weighted by Crippen LogP contribution is 2.29. The lowest BCUT2D eigenvalue weighted by atomic mass is 10.1. The van der Waals surface area contributed by atoms with Crippen LogP contribution in [0.2, 0.25) is 0 Å². The van der Waals surface area contributed by atoms with Crippen molar-refractivity contribution >= 4 is 17.3 Å². The first-order valence-corrected chi connectivity index (χ1v) is 7.74. The minimum Gasteiger partial charge on any atom is -0.462 e. The number of benzene rings is 1. The molecular weight excluding hydrogens is 282 g/mol. The van der Waals surface area contributed by atoms with Crippen LogP contribution in [-0.4, -0.2) is 19.1 Å². The van der Waals surface area contributed by atoms with Gasteiger partial charge in [-0.15, -0.1) is 17.9 Å². The van der Waals surface area contributed by atoms with Crippen LogP contribution in [0.4, 0.5) is 0 Å². The predicted molar refractivity (Wildman–Crippen MR) is 87.6 cm³/mol. The number of esters is 1. The summed E-state index contributed by atoms with van der Waals surface area (Å²) in [5, 5.41) is 3.28. The van der Waals surface area contributed by atoms with Gasteiger partial charge in [0.2, 0.25) is 0 Å². The SMILES string of the molecule is C=CCNCc1cccc(-c2ccc(C(=O)OCC)s2)c1. The van der Waals surface area contributed by atoms with Crippen LogP contribution >= 0.6 is 11.3 Å². The molecule has 1 aromatic heterocycles. The van der Waals surface area contributed by atoms with Gasteiger partial charge >= 0.3 is 5.97 Å². The van der Waals surface area contributed by atoms with Crippen molar-refractivity contribution in [3.8, 4) is 10.4 Å². The maximum Gasteiger partial charge on any atom is 0.348 e. The summed E-state index contributed by atoms with van der Waals surface area (Å²) in [6.07, 6.45) is 1.84. The van der Waals surface area contributed by atoms with Crippen LogP contribution in [0.15, 0.2) is 49.1 Å². The van der Waals surface area contributed by atoms with Gasteiger partial charge in [0.25, 0.3) is 0 Å². The van der Waals surface area contributed by atoms with E-state index < -0.39 is 0 Å². The highest BCUT2D eigenvalue weighted by atomic mass is 32.1. The van der Waals surface area contributed by atoms with Crippen LogP contribution in [-0.2, 0) is 11.3 Å². The van der Waals surface area contributed by atoms with Crippen molar-refractivity contribution in [2.45, 2.75) is 13.5 Å². The fourth-order valence-corrected chi connectivity index (χ4v) is 2.85. The third-order valence-electron chi connectivity index (χ3n) is 2.91. The van der Waals surface area contributed by atoms with Crippen LogP contribution in [0.25, 0.3) is 10.4 Å². The van der Waals surface area contributed by atoms with Gasteiger partial charge in [0, 0.05) is 18.0 Å². The average molecular weight is 301 g/mol. The second-order valence-corrected chi connectivity index (χ2v) is 5.59. The van der Waals surface area contributed by atoms with Gasteiger partial charge in [-0.1, -0.05) is 24.3 Å². The molecule has 4 heteroatoms. The second kappa shape index (κ2) is 7.76. The smallest absolute Gasteiger partial charge is 0.348 e. The van der Waals surface area contributed by atoms with E-state index >= 15 is 0 Å². The van der Waals surface area contributed by atoms with Gasteiger partial charge in [-0.25, -0.2) is 4.79 Å². The third-order valence-corrected chi connectivity index (χ3v) is 4.03. The van der Waals surface area contributed by atoms with Crippen LogP contribution in [0.3, 0.4) is 0 Å². The molecular formula is C17H19NO2S. The van der Waals surface area contributed by atoms with Crippen molar-refractivity contribution in [2.75, 3.05) is 13.2 Å². The molecule has 2 aromatic rings. The largest absolute Gasteiger partial charge is 0.462 e. The Bertz CT molecular complexity index is 619. The third kappa shape index (κ3) is 4.28. The number of carbonyl (C=O) groups is 1. The monoisotopic (exact) mass is 301 g/mol. The Morgan fingerprint density at radius 3 is 3.00 bits per heavy atom. The van der Waals surface area contributed by atoms with Gasteiger partial charge in [-0.05, 0) is 36.2 Å². The van der Waals surface area contributed by atoms with Crippen LogP contribution in [0.5, 0.6) is 0 Å². The quantitative estimate of drug-likeness (QED) is 0.479. The fraction of sp³-hybridized carbons (Fsp3) is 0.235. The first kappa shape index (κ1) is 15.5. The number of nitrogens with one attached hydrogen (secondary N) is 1. The predicted octanol–water partition coefficient (Wildman–Crippen LogP) is 3.87. The standard InChI is InChI=1S/C17H19NO2S/c1-3-10-18-12-13-6-5-7-14(11-13)15-8-9-16(21-15)17(19)20-4-2/h3,5-9,11,18H,1,4,10,12H2,2H3. The summed E-state index contributed by atoms with van der Waals surface area (Å²) in [6.45, 7) is 7.49. The zero-order valence-electron chi connectivity index (χ0n) is 12.1. The van der Waals surface area contributed by atoms with Crippen LogP contribution in [0, 0.1) is 0 Å². The summed E-state index contributed by atoms with van der Waals surface area (Å²) in [5.41, 5.74) is 2.33. The van der Waals surface area contributed by atoms with E-state index in [4.69, 9.17) is 4.74 Å². The van der Waals surface area contributed by atoms with Crippen molar-refractivity contribution in [3.05, 3.63) is 59.5 Å². The average Bonchev–Trinajstić information content (AvgIpc) is 2.98.